The highest BCUT2D eigenvalue weighted by Crippen LogP contribution is 2.48. The number of halogens is 1. The van der Waals surface area contributed by atoms with Crippen LogP contribution in [0.4, 0.5) is 20.6 Å². The number of hydrogen-bond donors (Lipinski definition) is 1. The first-order chi connectivity index (χ1) is 17.8. The molecule has 0 aromatic heterocycles. The van der Waals surface area contributed by atoms with Crippen molar-refractivity contribution in [3.8, 4) is 0 Å². The van der Waals surface area contributed by atoms with Gasteiger partial charge in [0.25, 0.3) is 0 Å². The predicted molar refractivity (Wildman–Crippen MR) is 142 cm³/mol. The zero-order valence-corrected chi connectivity index (χ0v) is 22.3. The molecule has 37 heavy (non-hydrogen) atoms. The van der Waals surface area contributed by atoms with E-state index in [-0.39, 0.29) is 17.7 Å². The fourth-order valence-corrected chi connectivity index (χ4v) is 5.61. The lowest BCUT2D eigenvalue weighted by molar-refractivity contribution is -0.923. The van der Waals surface area contributed by atoms with E-state index in [4.69, 9.17) is 9.47 Å². The molecule has 8 heteroatoms. The molecular weight excluding hydrogens is 473 g/mol. The Morgan fingerprint density at radius 2 is 1.89 bits per heavy atom. The number of piperidine rings is 1. The topological polar surface area (TPSA) is 63.5 Å². The Bertz CT molecular complexity index is 1090. The van der Waals surface area contributed by atoms with E-state index in [0.29, 0.717) is 30.7 Å². The Hall–Kier alpha value is -3.13. The predicted octanol–water partition coefficient (Wildman–Crippen LogP) is 4.02. The number of nitrogens with zero attached hydrogens (tertiary/aromatic N) is 2. The molecule has 0 spiro atoms. The zero-order valence-electron chi connectivity index (χ0n) is 22.3. The van der Waals surface area contributed by atoms with Crippen LogP contribution in [-0.2, 0) is 9.47 Å². The Morgan fingerprint density at radius 1 is 1.14 bits per heavy atom. The molecule has 2 aromatic rings. The summed E-state index contributed by atoms with van der Waals surface area (Å²) in [5.41, 5.74) is 4.86. The minimum atomic E-state index is -0.556. The monoisotopic (exact) mass is 512 g/mol. The molecule has 3 aliphatic heterocycles. The third kappa shape index (κ3) is 6.24. The van der Waals surface area contributed by atoms with Gasteiger partial charge in [-0.05, 0) is 56.2 Å². The highest BCUT2D eigenvalue weighted by Gasteiger charge is 2.46. The molecule has 0 amide bonds. The summed E-state index contributed by atoms with van der Waals surface area (Å²) in [4.78, 5) is 29.2. The lowest BCUT2D eigenvalue weighted by atomic mass is 9.89. The van der Waals surface area contributed by atoms with Gasteiger partial charge < -0.3 is 24.2 Å². The minimum absolute atomic E-state index is 0.0810. The third-order valence-electron chi connectivity index (χ3n) is 7.36. The van der Waals surface area contributed by atoms with Crippen LogP contribution in [0.25, 0.3) is 0 Å². The van der Waals surface area contributed by atoms with Crippen LogP contribution in [0.3, 0.4) is 0 Å². The number of nitrogens with one attached hydrogen (secondary N) is 1. The average Bonchev–Trinajstić information content (AvgIpc) is 3.20. The number of rotatable bonds is 6. The normalized spacial score (nSPS) is 21.5. The van der Waals surface area contributed by atoms with Gasteiger partial charge in [-0.1, -0.05) is 19.1 Å². The van der Waals surface area contributed by atoms with Crippen LogP contribution < -0.4 is 14.7 Å². The first-order valence-corrected chi connectivity index (χ1v) is 13.3. The first-order valence-electron chi connectivity index (χ1n) is 13.3. The molecule has 0 saturated carbocycles. The van der Waals surface area contributed by atoms with Gasteiger partial charge >= 0.3 is 6.16 Å². The molecule has 200 valence electrons. The average molecular weight is 513 g/mol. The van der Waals surface area contributed by atoms with Gasteiger partial charge in [0, 0.05) is 44.6 Å². The second kappa shape index (κ2) is 11.9. The van der Waals surface area contributed by atoms with Crippen LogP contribution in [0.2, 0.25) is 0 Å². The van der Waals surface area contributed by atoms with Crippen LogP contribution >= 0.6 is 0 Å². The smallest absolute Gasteiger partial charge is 0.431 e. The summed E-state index contributed by atoms with van der Waals surface area (Å²) in [6.07, 6.45) is 1.81. The standard InChI is InChI=1S/C19H27N3O3.C10H11FO/c1-13(2)25-19(23)24-12-21-8-7-16-15(11-21)14-5-4-6-17-18(14)22(16)10-9-20(17)3;1-2-3-10(12)8-4-6-9(11)7-5-8/h4-6,13,15-16H,7-12H2,1-3H3;4-7H,2-3H2,1H3/p+1. The molecule has 3 aliphatic rings. The van der Waals surface area contributed by atoms with Gasteiger partial charge in [0.05, 0.1) is 36.5 Å². The zero-order chi connectivity index (χ0) is 26.5. The number of para-hydroxylation sites is 1. The van der Waals surface area contributed by atoms with E-state index in [0.717, 1.165) is 39.0 Å². The number of quaternary nitrogens is 1. The summed E-state index contributed by atoms with van der Waals surface area (Å²) in [7, 11) is 2.18. The molecule has 3 atom stereocenters. The quantitative estimate of drug-likeness (QED) is 0.466. The van der Waals surface area contributed by atoms with E-state index in [1.165, 1.54) is 46.1 Å². The number of carbonyl (C=O) groups is 2. The summed E-state index contributed by atoms with van der Waals surface area (Å²) in [6.45, 7) is 10.2. The Balaban J connectivity index is 0.000000225. The second-order valence-electron chi connectivity index (χ2n) is 10.4. The highest BCUT2D eigenvalue weighted by molar-refractivity contribution is 5.95. The number of ketones is 1. The maximum Gasteiger partial charge on any atom is 0.512 e. The lowest BCUT2D eigenvalue weighted by Crippen LogP contribution is -3.14. The van der Waals surface area contributed by atoms with Crippen molar-refractivity contribution >= 4 is 23.3 Å². The van der Waals surface area contributed by atoms with Crippen LogP contribution in [0, 0.1) is 5.82 Å². The van der Waals surface area contributed by atoms with Crippen molar-refractivity contribution < 1.29 is 28.4 Å². The van der Waals surface area contributed by atoms with Crippen LogP contribution in [0.1, 0.15) is 61.9 Å². The number of benzene rings is 2. The minimum Gasteiger partial charge on any atom is -0.431 e. The number of hydrogen-bond acceptors (Lipinski definition) is 6. The van der Waals surface area contributed by atoms with Crippen LogP contribution in [-0.4, -0.2) is 64.0 Å². The maximum atomic E-state index is 12.4. The Labute approximate surface area is 219 Å². The van der Waals surface area contributed by atoms with Crippen molar-refractivity contribution in [1.29, 1.82) is 0 Å². The first kappa shape index (κ1) is 26.9. The summed E-state index contributed by atoms with van der Waals surface area (Å²) in [6, 6.07) is 13.0. The molecule has 3 heterocycles. The van der Waals surface area contributed by atoms with Crippen LogP contribution in [0.5, 0.6) is 0 Å². The third-order valence-corrected chi connectivity index (χ3v) is 7.36. The summed E-state index contributed by atoms with van der Waals surface area (Å²) in [5.74, 6) is 0.301. The molecule has 1 N–H and O–H groups in total. The number of likely N-dealkylation sites (N-methyl/N-ethyl adjacent to an activating group) is 1. The van der Waals surface area contributed by atoms with Crippen molar-refractivity contribution in [1.82, 2.24) is 0 Å². The Kier molecular flexibility index (Phi) is 8.69. The lowest BCUT2D eigenvalue weighted by Gasteiger charge is -2.40. The van der Waals surface area contributed by atoms with Crippen molar-refractivity contribution in [3.63, 3.8) is 0 Å². The van der Waals surface area contributed by atoms with E-state index < -0.39 is 6.16 Å². The summed E-state index contributed by atoms with van der Waals surface area (Å²) >= 11 is 0. The summed E-state index contributed by atoms with van der Waals surface area (Å²) < 4.78 is 22.8. The number of Topliss-reactive ketones (excluding diaryl/α,β-unsaturated/α-hetero) is 1. The molecule has 7 nitrogen and oxygen atoms in total. The molecule has 1 saturated heterocycles. The molecule has 0 bridgehead atoms. The van der Waals surface area contributed by atoms with E-state index in [1.807, 2.05) is 20.8 Å². The van der Waals surface area contributed by atoms with E-state index in [9.17, 15) is 14.0 Å². The molecule has 1 fully saturated rings. The largest absolute Gasteiger partial charge is 0.512 e. The van der Waals surface area contributed by atoms with Crippen molar-refractivity contribution in [2.24, 2.45) is 0 Å². The van der Waals surface area contributed by atoms with Crippen molar-refractivity contribution in [2.75, 3.05) is 49.8 Å². The fourth-order valence-electron chi connectivity index (χ4n) is 5.61. The van der Waals surface area contributed by atoms with Gasteiger partial charge in [-0.2, -0.15) is 0 Å². The van der Waals surface area contributed by atoms with Crippen molar-refractivity contribution in [3.05, 3.63) is 59.4 Å². The molecule has 2 aromatic carbocycles. The molecule has 0 aliphatic carbocycles. The molecule has 5 rings (SSSR count). The second-order valence-corrected chi connectivity index (χ2v) is 10.4. The number of likely N-dealkylation sites (tertiary alicyclic amines) is 1. The molecular formula is C29H39FN3O4+. The number of ether oxygens (including phenoxy) is 2. The van der Waals surface area contributed by atoms with E-state index in [1.54, 1.807) is 0 Å². The van der Waals surface area contributed by atoms with Gasteiger partial charge in [0.2, 0.25) is 6.73 Å². The SMILES string of the molecule is CC(C)OC(=O)OC[NH+]1CCC2C(C1)c1cccc3c1N2CCN3C.CCCC(=O)c1ccc(F)cc1. The number of anilines is 2. The van der Waals surface area contributed by atoms with Gasteiger partial charge in [0.1, 0.15) is 5.82 Å². The summed E-state index contributed by atoms with van der Waals surface area (Å²) in [5, 5.41) is 0. The van der Waals surface area contributed by atoms with Crippen LogP contribution in [0.15, 0.2) is 42.5 Å². The Morgan fingerprint density at radius 3 is 2.59 bits per heavy atom. The van der Waals surface area contributed by atoms with Crippen molar-refractivity contribution in [2.45, 2.75) is 58.1 Å². The van der Waals surface area contributed by atoms with E-state index >= 15 is 0 Å². The molecule has 3 unspecified atom stereocenters. The van der Waals surface area contributed by atoms with Gasteiger partial charge in [-0.15, -0.1) is 0 Å². The van der Waals surface area contributed by atoms with Gasteiger partial charge in [-0.25, -0.2) is 9.18 Å². The van der Waals surface area contributed by atoms with Gasteiger partial charge in [0.15, 0.2) is 5.78 Å². The number of fused-ring (bicyclic) bond motifs is 3. The fraction of sp³-hybridized carbons (Fsp3) is 0.517. The maximum absolute atomic E-state index is 12.4. The highest BCUT2D eigenvalue weighted by atomic mass is 19.1. The molecule has 0 radical (unpaired) electrons. The number of carbonyl (C=O) groups excluding carboxylic acids is 2. The van der Waals surface area contributed by atoms with Gasteiger partial charge in [-0.3, -0.25) is 4.79 Å². The van der Waals surface area contributed by atoms with E-state index in [2.05, 4.69) is 35.0 Å².